The van der Waals surface area contributed by atoms with Crippen LogP contribution < -0.4 is 16.0 Å². The quantitative estimate of drug-likeness (QED) is 0.189. The third-order valence-electron chi connectivity index (χ3n) is 3.03. The van der Waals surface area contributed by atoms with E-state index in [2.05, 4.69) is 16.0 Å². The number of carboxylic acids is 1. The average Bonchev–Trinajstić information content (AvgIpc) is 2.64. The summed E-state index contributed by atoms with van der Waals surface area (Å²) >= 11 is 1.85. The second-order valence-corrected chi connectivity index (χ2v) is 5.91. The predicted molar refractivity (Wildman–Crippen MR) is 101 cm³/mol. The van der Waals surface area contributed by atoms with E-state index < -0.39 is 30.4 Å². The van der Waals surface area contributed by atoms with E-state index in [1.54, 1.807) is 0 Å². The number of carbonyl (C=O) groups excluding carboxylic acids is 3. The number of rotatable bonds is 11. The number of benzene rings is 1. The van der Waals surface area contributed by atoms with Gasteiger partial charge in [-0.25, -0.2) is 0 Å². The van der Waals surface area contributed by atoms with Gasteiger partial charge in [-0.05, 0) is 5.56 Å². The Morgan fingerprint density at radius 2 is 1.73 bits per heavy atom. The van der Waals surface area contributed by atoms with Crippen LogP contribution in [0.3, 0.4) is 0 Å². The minimum Gasteiger partial charge on any atom is -0.480 e. The van der Waals surface area contributed by atoms with Crippen LogP contribution in [-0.2, 0) is 30.5 Å². The molecule has 0 bridgehead atoms. The molecule has 4 N–H and O–H groups in total. The van der Waals surface area contributed by atoms with Gasteiger partial charge in [0.15, 0.2) is 0 Å². The van der Waals surface area contributed by atoms with Gasteiger partial charge in [0.2, 0.25) is 17.7 Å². The lowest BCUT2D eigenvalue weighted by Gasteiger charge is -2.18. The van der Waals surface area contributed by atoms with Gasteiger partial charge in [0, 0.05) is 0 Å². The molecule has 1 aromatic carbocycles. The maximum absolute atomic E-state index is 12.1. The van der Waals surface area contributed by atoms with Crippen molar-refractivity contribution in [2.75, 3.05) is 24.1 Å². The van der Waals surface area contributed by atoms with Crippen LogP contribution in [-0.4, -0.2) is 59.0 Å². The highest BCUT2D eigenvalue weighted by Crippen LogP contribution is 2.01. The van der Waals surface area contributed by atoms with Crippen molar-refractivity contribution >= 4 is 46.3 Å². The summed E-state index contributed by atoms with van der Waals surface area (Å²) in [6.07, 6.45) is 0. The van der Waals surface area contributed by atoms with E-state index in [0.29, 0.717) is 0 Å². The molecule has 10 heteroatoms. The molecule has 0 aliphatic heterocycles. The number of carboxylic acid groups (broad SMARTS) is 1. The summed E-state index contributed by atoms with van der Waals surface area (Å²) in [6, 6.07) is 8.15. The molecule has 0 heterocycles. The molecule has 142 valence electrons. The molecule has 9 nitrogen and oxygen atoms in total. The number of ether oxygens (including phenoxy) is 1. The Morgan fingerprint density at radius 3 is 2.35 bits per heavy atom. The number of halogens is 1. The smallest absolute Gasteiger partial charge is 0.322 e. The minimum absolute atomic E-state index is 0.147. The molecule has 1 aromatic rings. The van der Waals surface area contributed by atoms with E-state index in [1.165, 1.54) is 0 Å². The molecular weight excluding hydrogens is 464 g/mol. The fourth-order valence-electron chi connectivity index (χ4n) is 1.81. The van der Waals surface area contributed by atoms with E-state index in [0.717, 1.165) is 5.56 Å². The van der Waals surface area contributed by atoms with Gasteiger partial charge in [-0.3, -0.25) is 19.2 Å². The van der Waals surface area contributed by atoms with E-state index in [1.807, 2.05) is 52.9 Å². The third-order valence-corrected chi connectivity index (χ3v) is 3.72. The number of alkyl halides is 1. The van der Waals surface area contributed by atoms with Crippen LogP contribution in [0.5, 0.6) is 0 Å². The Bertz CT molecular complexity index is 626. The Morgan fingerprint density at radius 1 is 1.04 bits per heavy atom. The summed E-state index contributed by atoms with van der Waals surface area (Å²) in [5, 5.41) is 15.6. The zero-order valence-corrected chi connectivity index (χ0v) is 16.0. The van der Waals surface area contributed by atoms with Gasteiger partial charge in [-0.2, -0.15) is 0 Å². The van der Waals surface area contributed by atoms with Crippen LogP contribution in [0.2, 0.25) is 0 Å². The zero-order chi connectivity index (χ0) is 19.4. The van der Waals surface area contributed by atoms with E-state index in [4.69, 9.17) is 9.84 Å². The molecule has 0 fully saturated rings. The summed E-state index contributed by atoms with van der Waals surface area (Å²) in [4.78, 5) is 45.7. The summed E-state index contributed by atoms with van der Waals surface area (Å²) in [6.45, 7) is -0.782. The van der Waals surface area contributed by atoms with Crippen molar-refractivity contribution < 1.29 is 29.0 Å². The van der Waals surface area contributed by atoms with E-state index >= 15 is 0 Å². The monoisotopic (exact) mass is 484 g/mol. The Kier molecular flexibility index (Phi) is 10.2. The van der Waals surface area contributed by atoms with Crippen molar-refractivity contribution in [3.63, 3.8) is 0 Å². The topological polar surface area (TPSA) is 134 Å². The molecule has 0 aromatic heterocycles. The summed E-state index contributed by atoms with van der Waals surface area (Å²) in [7, 11) is 0. The molecule has 3 amide bonds. The largest absolute Gasteiger partial charge is 0.480 e. The molecule has 0 radical (unpaired) electrons. The Hall–Kier alpha value is -2.21. The summed E-state index contributed by atoms with van der Waals surface area (Å²) in [5.41, 5.74) is 0.887. The Balaban J connectivity index is 2.56. The van der Waals surface area contributed by atoms with Crippen molar-refractivity contribution in [3.05, 3.63) is 35.9 Å². The van der Waals surface area contributed by atoms with Crippen molar-refractivity contribution in [3.8, 4) is 0 Å². The number of hydrogen-bond acceptors (Lipinski definition) is 5. The van der Waals surface area contributed by atoms with Crippen LogP contribution >= 0.6 is 22.6 Å². The van der Waals surface area contributed by atoms with Crippen molar-refractivity contribution in [2.45, 2.75) is 12.6 Å². The number of carbonyl (C=O) groups is 4. The second-order valence-electron chi connectivity index (χ2n) is 5.14. The first-order valence-corrected chi connectivity index (χ1v) is 9.18. The van der Waals surface area contributed by atoms with Gasteiger partial charge >= 0.3 is 5.97 Å². The number of hydrogen-bond donors (Lipinski definition) is 4. The first-order chi connectivity index (χ1) is 12.4. The fraction of sp³-hybridized carbons (Fsp3) is 0.375. The van der Waals surface area contributed by atoms with Crippen molar-refractivity contribution in [2.24, 2.45) is 0 Å². The van der Waals surface area contributed by atoms with Crippen LogP contribution in [0.4, 0.5) is 0 Å². The molecule has 0 aliphatic rings. The van der Waals surface area contributed by atoms with Crippen LogP contribution in [0.25, 0.3) is 0 Å². The summed E-state index contributed by atoms with van der Waals surface area (Å²) in [5.74, 6) is -2.79. The Labute approximate surface area is 164 Å². The second kappa shape index (κ2) is 12.2. The lowest BCUT2D eigenvalue weighted by molar-refractivity contribution is -0.138. The van der Waals surface area contributed by atoms with Crippen LogP contribution in [0.15, 0.2) is 30.3 Å². The van der Waals surface area contributed by atoms with Crippen molar-refractivity contribution in [1.29, 1.82) is 0 Å². The molecule has 1 rings (SSSR count). The highest BCUT2D eigenvalue weighted by Gasteiger charge is 2.21. The van der Waals surface area contributed by atoms with Gasteiger partial charge in [0.1, 0.15) is 12.6 Å². The third kappa shape index (κ3) is 9.32. The first-order valence-electron chi connectivity index (χ1n) is 7.65. The lowest BCUT2D eigenvalue weighted by atomic mass is 10.3. The molecule has 0 aliphatic carbocycles. The highest BCUT2D eigenvalue weighted by molar-refractivity contribution is 14.1. The van der Waals surface area contributed by atoms with Gasteiger partial charge in [-0.1, -0.05) is 52.9 Å². The molecular formula is C16H20IN3O6. The SMILES string of the molecule is O=C(O)CNC(=O)C(COC[13c]1[13cH][13cH][13cH][13cH][13cH]1)NC(=O)C[15NH]C(=O)CI. The van der Waals surface area contributed by atoms with Crippen LogP contribution in [0.1, 0.15) is 5.56 Å². The molecule has 0 saturated heterocycles. The first kappa shape index (κ1) is 21.8. The average molecular weight is 484 g/mol. The van der Waals surface area contributed by atoms with Crippen molar-refractivity contribution in [1.82, 2.24) is 16.0 Å². The minimum atomic E-state index is -1.21. The standard InChI is InChI=1S/C16H20IN3O6/c17-6-13(21)18-7-14(22)20-12(16(25)19-8-15(23)24)10-26-9-11-4-2-1-3-5-11/h1-5,12H,6-10H2,(H,18,21)(H,19,25)(H,20,22)(H,23,24)/i1+1,2+1,3+1,4+1,5+1,11+1,18+1. The molecule has 1 unspecified atom stereocenters. The van der Waals surface area contributed by atoms with Crippen LogP contribution in [0, 0.1) is 0 Å². The number of nitrogens with one attached hydrogen (secondary N) is 3. The van der Waals surface area contributed by atoms with Gasteiger partial charge in [0.25, 0.3) is 0 Å². The number of amides is 3. The normalized spacial score (nSPS) is 11.3. The van der Waals surface area contributed by atoms with Gasteiger partial charge in [-0.15, -0.1) is 0 Å². The maximum atomic E-state index is 12.1. The molecule has 0 saturated carbocycles. The van der Waals surface area contributed by atoms with E-state index in [-0.39, 0.29) is 30.1 Å². The van der Waals surface area contributed by atoms with Gasteiger partial charge in [0.05, 0.1) is 24.2 Å². The maximum Gasteiger partial charge on any atom is 0.322 e. The molecule has 26 heavy (non-hydrogen) atoms. The molecule has 1 atom stereocenters. The van der Waals surface area contributed by atoms with E-state index in [9.17, 15) is 19.2 Å². The molecule has 0 spiro atoms. The predicted octanol–water partition coefficient (Wildman–Crippen LogP) is -0.560. The summed E-state index contributed by atoms with van der Waals surface area (Å²) < 4.78 is 5.65. The highest BCUT2D eigenvalue weighted by atomic mass is 127. The lowest BCUT2D eigenvalue weighted by Crippen LogP contribution is -2.52. The zero-order valence-electron chi connectivity index (χ0n) is 13.9. The number of aliphatic carboxylic acids is 1. The van der Waals surface area contributed by atoms with Gasteiger partial charge < -0.3 is 25.8 Å². The fourth-order valence-corrected chi connectivity index (χ4v) is 2.08.